The van der Waals surface area contributed by atoms with E-state index in [2.05, 4.69) is 27.9 Å². The van der Waals surface area contributed by atoms with Crippen LogP contribution in [0.15, 0.2) is 53.7 Å². The largest absolute Gasteiger partial charge is 0.494 e. The van der Waals surface area contributed by atoms with Gasteiger partial charge in [-0.25, -0.2) is 4.68 Å². The van der Waals surface area contributed by atoms with Crippen molar-refractivity contribution < 1.29 is 9.53 Å². The second-order valence-electron chi connectivity index (χ2n) is 7.49. The van der Waals surface area contributed by atoms with Crippen LogP contribution in [-0.4, -0.2) is 32.6 Å². The number of nitrogens with one attached hydrogen (secondary N) is 2. The number of carbonyl (C=O) groups excluding carboxylic acids is 1. The van der Waals surface area contributed by atoms with Crippen LogP contribution in [0.4, 0.5) is 5.69 Å². The number of aromatic nitrogens is 3. The normalized spacial score (nSPS) is 17.5. The minimum atomic E-state index is -0.412. The number of anilines is 1. The molecule has 0 fully saturated rings. The third kappa shape index (κ3) is 4.69. The molecule has 0 unspecified atom stereocenters. The lowest BCUT2D eigenvalue weighted by Gasteiger charge is -2.33. The molecule has 1 aliphatic heterocycles. The summed E-state index contributed by atoms with van der Waals surface area (Å²) < 4.78 is 7.50. The van der Waals surface area contributed by atoms with Gasteiger partial charge in [-0.3, -0.25) is 4.79 Å². The summed E-state index contributed by atoms with van der Waals surface area (Å²) in [5, 5.41) is 12.0. The maximum absolute atomic E-state index is 13.3. The molecule has 3 aromatic rings. The highest BCUT2D eigenvalue weighted by Gasteiger charge is 2.37. The fraction of sp³-hybridized carbons (Fsp3) is 0.348. The van der Waals surface area contributed by atoms with E-state index in [1.54, 1.807) is 0 Å². The zero-order valence-corrected chi connectivity index (χ0v) is 18.8. The lowest BCUT2D eigenvalue weighted by Crippen LogP contribution is -2.41. The topological polar surface area (TPSA) is 81.1 Å². The van der Waals surface area contributed by atoms with Crippen LogP contribution < -0.4 is 15.5 Å². The maximum Gasteiger partial charge on any atom is 0.240 e. The summed E-state index contributed by atoms with van der Waals surface area (Å²) in [6.45, 7) is 6.71. The number of carbonyl (C=O) groups is 1. The van der Waals surface area contributed by atoms with Crippen LogP contribution in [0, 0.1) is 6.92 Å². The smallest absolute Gasteiger partial charge is 0.240 e. The first-order valence-electron chi connectivity index (χ1n) is 10.6. The van der Waals surface area contributed by atoms with E-state index >= 15 is 0 Å². The van der Waals surface area contributed by atoms with Gasteiger partial charge in [0.05, 0.1) is 12.6 Å². The van der Waals surface area contributed by atoms with Crippen LogP contribution in [0.25, 0.3) is 0 Å². The molecule has 0 saturated carbocycles. The van der Waals surface area contributed by atoms with Crippen molar-refractivity contribution in [2.45, 2.75) is 50.1 Å². The second kappa shape index (κ2) is 9.43. The first kappa shape index (κ1) is 21.2. The number of rotatable bonds is 7. The molecule has 31 heavy (non-hydrogen) atoms. The van der Waals surface area contributed by atoms with Crippen molar-refractivity contribution in [3.8, 4) is 5.75 Å². The van der Waals surface area contributed by atoms with E-state index in [0.717, 1.165) is 41.2 Å². The quantitative estimate of drug-likeness (QED) is 0.572. The Morgan fingerprint density at radius 2 is 1.87 bits per heavy atom. The number of ether oxygens (including phenoxy) is 1. The van der Waals surface area contributed by atoms with Gasteiger partial charge < -0.3 is 15.5 Å². The van der Waals surface area contributed by atoms with Crippen molar-refractivity contribution in [1.82, 2.24) is 14.9 Å². The molecule has 162 valence electrons. The van der Waals surface area contributed by atoms with Gasteiger partial charge in [-0.05, 0) is 50.1 Å². The Labute approximate surface area is 186 Å². The van der Waals surface area contributed by atoms with Gasteiger partial charge in [0.25, 0.3) is 0 Å². The molecule has 2 atom stereocenters. The predicted octanol–water partition coefficient (Wildman–Crippen LogP) is 4.34. The van der Waals surface area contributed by atoms with Crippen molar-refractivity contribution in [3.63, 3.8) is 0 Å². The van der Waals surface area contributed by atoms with Crippen LogP contribution in [-0.2, 0) is 11.2 Å². The minimum Gasteiger partial charge on any atom is -0.494 e. The molecular weight excluding hydrogens is 410 g/mol. The molecule has 8 heteroatoms. The van der Waals surface area contributed by atoms with E-state index in [1.807, 2.05) is 67.1 Å². The Morgan fingerprint density at radius 3 is 2.55 bits per heavy atom. The maximum atomic E-state index is 13.3. The first-order valence-corrected chi connectivity index (χ1v) is 11.4. The summed E-state index contributed by atoms with van der Waals surface area (Å²) in [5.41, 5.74) is 6.42. The van der Waals surface area contributed by atoms with Gasteiger partial charge in [0, 0.05) is 12.1 Å². The van der Waals surface area contributed by atoms with Crippen LogP contribution in [0.2, 0.25) is 0 Å². The number of aryl methyl sites for hydroxylation is 2. The molecule has 1 amide bonds. The van der Waals surface area contributed by atoms with Gasteiger partial charge in [-0.1, -0.05) is 48.5 Å². The predicted molar refractivity (Wildman–Crippen MR) is 123 cm³/mol. The molecule has 7 nitrogen and oxygen atoms in total. The average Bonchev–Trinajstić information content (AvgIpc) is 3.17. The zero-order valence-electron chi connectivity index (χ0n) is 18.0. The third-order valence-corrected chi connectivity index (χ3v) is 6.32. The number of amides is 1. The van der Waals surface area contributed by atoms with Crippen molar-refractivity contribution in [3.05, 3.63) is 65.5 Å². The Bertz CT molecular complexity index is 1030. The molecule has 0 radical (unpaired) electrons. The molecule has 0 aliphatic carbocycles. The third-order valence-electron chi connectivity index (χ3n) is 5.11. The number of hydrogen-bond acceptors (Lipinski definition) is 6. The van der Waals surface area contributed by atoms with E-state index in [9.17, 15) is 4.79 Å². The van der Waals surface area contributed by atoms with Gasteiger partial charge in [0.1, 0.15) is 11.0 Å². The fourth-order valence-electron chi connectivity index (χ4n) is 3.52. The highest BCUT2D eigenvalue weighted by molar-refractivity contribution is 8.00. The molecule has 2 heterocycles. The summed E-state index contributed by atoms with van der Waals surface area (Å²) >= 11 is 1.44. The Balaban J connectivity index is 1.64. The van der Waals surface area contributed by atoms with Crippen molar-refractivity contribution >= 4 is 23.4 Å². The number of benzene rings is 2. The zero-order chi connectivity index (χ0) is 21.8. The first-order chi connectivity index (χ1) is 15.1. The Hall–Kier alpha value is -3.00. The van der Waals surface area contributed by atoms with Gasteiger partial charge in [-0.2, -0.15) is 0 Å². The lowest BCUT2D eigenvalue weighted by atomic mass is 10.0. The van der Waals surface area contributed by atoms with Crippen LogP contribution in [0.5, 0.6) is 5.75 Å². The molecular formula is C23H27N5O2S. The minimum absolute atomic E-state index is 0.0773. The fourth-order valence-corrected chi connectivity index (χ4v) is 4.62. The summed E-state index contributed by atoms with van der Waals surface area (Å²) in [6.07, 6.45) is 1.78. The van der Waals surface area contributed by atoms with E-state index in [1.165, 1.54) is 11.8 Å². The van der Waals surface area contributed by atoms with Gasteiger partial charge in [-0.15, -0.1) is 10.2 Å². The molecule has 4 rings (SSSR count). The van der Waals surface area contributed by atoms with Crippen LogP contribution >= 0.6 is 11.8 Å². The van der Waals surface area contributed by atoms with Gasteiger partial charge in [0.2, 0.25) is 11.1 Å². The number of nitrogens with zero attached hydrogens (tertiary/aromatic N) is 3. The Morgan fingerprint density at radius 1 is 1.13 bits per heavy atom. The summed E-state index contributed by atoms with van der Waals surface area (Å²) in [6, 6.07) is 15.4. The lowest BCUT2D eigenvalue weighted by molar-refractivity contribution is -0.116. The van der Waals surface area contributed by atoms with Gasteiger partial charge >= 0.3 is 0 Å². The molecule has 0 spiro atoms. The van der Waals surface area contributed by atoms with Crippen LogP contribution in [0.3, 0.4) is 0 Å². The molecule has 0 saturated heterocycles. The van der Waals surface area contributed by atoms with E-state index in [4.69, 9.17) is 4.74 Å². The summed E-state index contributed by atoms with van der Waals surface area (Å²) in [4.78, 5) is 13.3. The van der Waals surface area contributed by atoms with Gasteiger partial charge in [0.15, 0.2) is 5.82 Å². The number of fused-ring (bicyclic) bond motifs is 1. The highest BCUT2D eigenvalue weighted by Crippen LogP contribution is 2.38. The second-order valence-corrected chi connectivity index (χ2v) is 8.60. The number of hydrogen-bond donors (Lipinski definition) is 2. The van der Waals surface area contributed by atoms with E-state index < -0.39 is 5.25 Å². The molecule has 0 bridgehead atoms. The molecule has 1 aliphatic rings. The van der Waals surface area contributed by atoms with Crippen molar-refractivity contribution in [2.75, 3.05) is 17.3 Å². The van der Waals surface area contributed by atoms with Crippen molar-refractivity contribution in [1.29, 1.82) is 0 Å². The standard InChI is InChI=1S/C23H27N5O2S/c1-4-6-19-25-26-23-28(19)27-20(16-9-13-18(14-10-16)30-5-2)21(31-23)22(29)24-17-11-7-15(3)8-12-17/h7-14,20-21,27H,4-6H2,1-3H3,(H,24,29)/t20-,21-/m1/s1. The SMILES string of the molecule is CCCc1nnc2n1N[C@H](c1ccc(OCC)cc1)[C@H](C(=O)Nc1ccc(C)cc1)S2. The molecule has 2 aromatic carbocycles. The van der Waals surface area contributed by atoms with E-state index in [0.29, 0.717) is 11.8 Å². The average molecular weight is 438 g/mol. The molecule has 1 aromatic heterocycles. The summed E-state index contributed by atoms with van der Waals surface area (Å²) in [7, 11) is 0. The van der Waals surface area contributed by atoms with Crippen LogP contribution in [0.1, 0.15) is 43.3 Å². The highest BCUT2D eigenvalue weighted by atomic mass is 32.2. The summed E-state index contributed by atoms with van der Waals surface area (Å²) in [5.74, 6) is 1.61. The Kier molecular flexibility index (Phi) is 6.46. The molecule has 2 N–H and O–H groups in total. The van der Waals surface area contributed by atoms with Crippen molar-refractivity contribution in [2.24, 2.45) is 0 Å². The number of thioether (sulfide) groups is 1. The van der Waals surface area contributed by atoms with E-state index in [-0.39, 0.29) is 11.9 Å². The monoisotopic (exact) mass is 437 g/mol.